The fourth-order valence-corrected chi connectivity index (χ4v) is 2.33. The van der Waals surface area contributed by atoms with Gasteiger partial charge in [-0.2, -0.15) is 0 Å². The summed E-state index contributed by atoms with van der Waals surface area (Å²) >= 11 is 0. The number of hydrogen-bond donors (Lipinski definition) is 1. The zero-order chi connectivity index (χ0) is 17.9. The molecular formula is C17H19NO6. The molecule has 128 valence electrons. The smallest absolute Gasteiger partial charge is 0.339 e. The molecule has 0 fully saturated rings. The van der Waals surface area contributed by atoms with Crippen LogP contribution in [0.4, 0.5) is 0 Å². The van der Waals surface area contributed by atoms with Crippen LogP contribution in [0, 0.1) is 6.92 Å². The molecular weight excluding hydrogens is 314 g/mol. The van der Waals surface area contributed by atoms with E-state index in [0.717, 1.165) is 0 Å². The summed E-state index contributed by atoms with van der Waals surface area (Å²) < 4.78 is 15.8. The Bertz CT molecular complexity index is 764. The molecule has 1 heterocycles. The van der Waals surface area contributed by atoms with Crippen LogP contribution < -0.4 is 9.47 Å². The molecule has 24 heavy (non-hydrogen) atoms. The van der Waals surface area contributed by atoms with Gasteiger partial charge in [0.2, 0.25) is 0 Å². The maximum atomic E-state index is 12.7. The van der Waals surface area contributed by atoms with Crippen molar-refractivity contribution in [2.24, 2.45) is 0 Å². The van der Waals surface area contributed by atoms with Crippen molar-refractivity contribution in [3.63, 3.8) is 0 Å². The molecule has 0 unspecified atom stereocenters. The Balaban J connectivity index is 2.23. The van der Waals surface area contributed by atoms with E-state index in [0.29, 0.717) is 28.6 Å². The van der Waals surface area contributed by atoms with Gasteiger partial charge >= 0.3 is 5.97 Å². The first-order valence-electron chi connectivity index (χ1n) is 7.17. The first-order chi connectivity index (χ1) is 11.4. The molecule has 0 aliphatic rings. The van der Waals surface area contributed by atoms with Crippen molar-refractivity contribution in [2.45, 2.75) is 13.5 Å². The van der Waals surface area contributed by atoms with Gasteiger partial charge in [0.1, 0.15) is 28.6 Å². The topological polar surface area (TPSA) is 89.2 Å². The number of ether oxygens (including phenoxy) is 2. The van der Waals surface area contributed by atoms with Crippen LogP contribution in [0.5, 0.6) is 11.5 Å². The summed E-state index contributed by atoms with van der Waals surface area (Å²) in [5.41, 5.74) is 0.436. The summed E-state index contributed by atoms with van der Waals surface area (Å²) in [4.78, 5) is 25.1. The minimum atomic E-state index is -1.06. The molecule has 0 aliphatic heterocycles. The fraction of sp³-hybridized carbons (Fsp3) is 0.294. The van der Waals surface area contributed by atoms with Crippen LogP contribution in [0.15, 0.2) is 28.7 Å². The van der Waals surface area contributed by atoms with E-state index in [2.05, 4.69) is 0 Å². The summed E-state index contributed by atoms with van der Waals surface area (Å²) in [5, 5.41) is 9.06. The van der Waals surface area contributed by atoms with E-state index >= 15 is 0 Å². The lowest BCUT2D eigenvalue weighted by atomic mass is 10.1. The molecule has 0 atom stereocenters. The molecule has 2 aromatic rings. The minimum absolute atomic E-state index is 0.0878. The highest BCUT2D eigenvalue weighted by Gasteiger charge is 2.20. The maximum absolute atomic E-state index is 12.7. The third-order valence-electron chi connectivity index (χ3n) is 3.58. The van der Waals surface area contributed by atoms with Crippen molar-refractivity contribution in [1.29, 1.82) is 0 Å². The van der Waals surface area contributed by atoms with Gasteiger partial charge in [0.25, 0.3) is 5.91 Å². The molecule has 2 rings (SSSR count). The molecule has 1 aromatic heterocycles. The number of aryl methyl sites for hydroxylation is 1. The van der Waals surface area contributed by atoms with Crippen LogP contribution in [-0.4, -0.2) is 43.2 Å². The second-order valence-corrected chi connectivity index (χ2v) is 5.22. The predicted molar refractivity (Wildman–Crippen MR) is 85.7 cm³/mol. The standard InChI is InChI=1S/C17H19NO6/c1-10-13(17(20)21)8-12(24-10)9-18(2)16(19)14-7-11(22-3)5-6-15(14)23-4/h5-8H,9H2,1-4H3,(H,20,21). The second kappa shape index (κ2) is 7.08. The summed E-state index contributed by atoms with van der Waals surface area (Å²) in [6, 6.07) is 6.36. The summed E-state index contributed by atoms with van der Waals surface area (Å²) in [6.45, 7) is 1.70. The minimum Gasteiger partial charge on any atom is -0.497 e. The number of aromatic carboxylic acids is 1. The monoisotopic (exact) mass is 333 g/mol. The van der Waals surface area contributed by atoms with Crippen molar-refractivity contribution in [2.75, 3.05) is 21.3 Å². The number of carboxylic acid groups (broad SMARTS) is 1. The molecule has 1 aromatic carbocycles. The van der Waals surface area contributed by atoms with Gasteiger partial charge in [-0.05, 0) is 31.2 Å². The third-order valence-corrected chi connectivity index (χ3v) is 3.58. The van der Waals surface area contributed by atoms with Gasteiger partial charge in [0.05, 0.1) is 26.3 Å². The van der Waals surface area contributed by atoms with E-state index in [-0.39, 0.29) is 18.0 Å². The van der Waals surface area contributed by atoms with Gasteiger partial charge in [-0.15, -0.1) is 0 Å². The Kier molecular flexibility index (Phi) is 5.13. The van der Waals surface area contributed by atoms with E-state index in [9.17, 15) is 9.59 Å². The van der Waals surface area contributed by atoms with Crippen molar-refractivity contribution in [3.05, 3.63) is 46.9 Å². The van der Waals surface area contributed by atoms with Crippen molar-refractivity contribution >= 4 is 11.9 Å². The Labute approximate surface area is 139 Å². The number of rotatable bonds is 6. The normalized spacial score (nSPS) is 10.3. The first kappa shape index (κ1) is 17.4. The molecule has 7 nitrogen and oxygen atoms in total. The number of hydrogen-bond acceptors (Lipinski definition) is 5. The van der Waals surface area contributed by atoms with Crippen LogP contribution in [0.2, 0.25) is 0 Å². The first-order valence-corrected chi connectivity index (χ1v) is 7.17. The Morgan fingerprint density at radius 3 is 2.42 bits per heavy atom. The second-order valence-electron chi connectivity index (χ2n) is 5.22. The van der Waals surface area contributed by atoms with Gasteiger partial charge in [-0.1, -0.05) is 0 Å². The number of carbonyl (C=O) groups is 2. The van der Waals surface area contributed by atoms with Crippen molar-refractivity contribution in [1.82, 2.24) is 4.90 Å². The molecule has 0 aliphatic carbocycles. The van der Waals surface area contributed by atoms with Crippen LogP contribution in [0.3, 0.4) is 0 Å². The molecule has 0 radical (unpaired) electrons. The van der Waals surface area contributed by atoms with Gasteiger partial charge in [0.15, 0.2) is 0 Å². The van der Waals surface area contributed by atoms with Crippen LogP contribution in [-0.2, 0) is 6.54 Å². The van der Waals surface area contributed by atoms with Crippen molar-refractivity contribution in [3.8, 4) is 11.5 Å². The van der Waals surface area contributed by atoms with Crippen molar-refractivity contribution < 1.29 is 28.6 Å². The largest absolute Gasteiger partial charge is 0.497 e. The van der Waals surface area contributed by atoms with Gasteiger partial charge in [-0.25, -0.2) is 4.79 Å². The lowest BCUT2D eigenvalue weighted by molar-refractivity contribution is 0.0694. The van der Waals surface area contributed by atoms with E-state index in [1.54, 1.807) is 32.2 Å². The summed E-state index contributed by atoms with van der Waals surface area (Å²) in [5.74, 6) is 0.298. The maximum Gasteiger partial charge on any atom is 0.339 e. The molecule has 1 N–H and O–H groups in total. The van der Waals surface area contributed by atoms with Crippen LogP contribution in [0.25, 0.3) is 0 Å². The average Bonchev–Trinajstić information content (AvgIpc) is 2.93. The highest BCUT2D eigenvalue weighted by molar-refractivity contribution is 5.97. The number of carboxylic acids is 1. The molecule has 1 amide bonds. The molecule has 0 saturated heterocycles. The number of carbonyl (C=O) groups excluding carboxylic acids is 1. The molecule has 0 spiro atoms. The average molecular weight is 333 g/mol. The van der Waals surface area contributed by atoms with E-state index in [1.165, 1.54) is 25.2 Å². The fourth-order valence-electron chi connectivity index (χ4n) is 2.33. The predicted octanol–water partition coefficient (Wildman–Crippen LogP) is 2.58. The van der Waals surface area contributed by atoms with Crippen LogP contribution in [0.1, 0.15) is 32.2 Å². The van der Waals surface area contributed by atoms with Gasteiger partial charge < -0.3 is 23.9 Å². The highest BCUT2D eigenvalue weighted by atomic mass is 16.5. The summed E-state index contributed by atoms with van der Waals surface area (Å²) in [7, 11) is 4.59. The quantitative estimate of drug-likeness (QED) is 0.874. The van der Waals surface area contributed by atoms with Gasteiger partial charge in [0, 0.05) is 7.05 Å². The molecule has 0 bridgehead atoms. The SMILES string of the molecule is COc1ccc(OC)c(C(=O)N(C)Cc2cc(C(=O)O)c(C)o2)c1. The number of furan rings is 1. The van der Waals surface area contributed by atoms with E-state index in [1.807, 2.05) is 0 Å². The summed E-state index contributed by atoms with van der Waals surface area (Å²) in [6.07, 6.45) is 0. The van der Waals surface area contributed by atoms with Crippen LogP contribution >= 0.6 is 0 Å². The number of amides is 1. The number of methoxy groups -OCH3 is 2. The zero-order valence-corrected chi connectivity index (χ0v) is 14.0. The third kappa shape index (κ3) is 3.51. The Hall–Kier alpha value is -2.96. The number of benzene rings is 1. The number of nitrogens with zero attached hydrogens (tertiary/aromatic N) is 1. The lowest BCUT2D eigenvalue weighted by Crippen LogP contribution is -2.26. The zero-order valence-electron chi connectivity index (χ0n) is 14.0. The van der Waals surface area contributed by atoms with E-state index < -0.39 is 5.97 Å². The molecule has 0 saturated carbocycles. The molecule has 7 heteroatoms. The Morgan fingerprint density at radius 2 is 1.88 bits per heavy atom. The van der Waals surface area contributed by atoms with E-state index in [4.69, 9.17) is 19.0 Å². The lowest BCUT2D eigenvalue weighted by Gasteiger charge is -2.18. The Morgan fingerprint density at radius 1 is 1.17 bits per heavy atom. The van der Waals surface area contributed by atoms with Gasteiger partial charge in [-0.3, -0.25) is 4.79 Å². The highest BCUT2D eigenvalue weighted by Crippen LogP contribution is 2.26.